The van der Waals surface area contributed by atoms with Crippen molar-refractivity contribution in [3.05, 3.63) is 46.2 Å². The first-order valence-corrected chi connectivity index (χ1v) is 8.93. The Kier molecular flexibility index (Phi) is 5.27. The van der Waals surface area contributed by atoms with Crippen LogP contribution in [0.2, 0.25) is 0 Å². The molecule has 0 bridgehead atoms. The van der Waals surface area contributed by atoms with Gasteiger partial charge in [0.25, 0.3) is 5.91 Å². The Morgan fingerprint density at radius 2 is 2.04 bits per heavy atom. The first-order chi connectivity index (χ1) is 12.5. The zero-order chi connectivity index (χ0) is 18.7. The van der Waals surface area contributed by atoms with Crippen LogP contribution in [0.1, 0.15) is 28.5 Å². The summed E-state index contributed by atoms with van der Waals surface area (Å²) < 4.78 is 7.16. The van der Waals surface area contributed by atoms with Gasteiger partial charge >= 0.3 is 0 Å². The van der Waals surface area contributed by atoms with E-state index >= 15 is 0 Å². The molecule has 0 aliphatic carbocycles. The summed E-state index contributed by atoms with van der Waals surface area (Å²) in [6.45, 7) is 5.93. The van der Waals surface area contributed by atoms with Gasteiger partial charge in [-0.1, -0.05) is 0 Å². The quantitative estimate of drug-likeness (QED) is 0.660. The second kappa shape index (κ2) is 7.61. The molecule has 0 unspecified atom stereocenters. The van der Waals surface area contributed by atoms with E-state index in [1.54, 1.807) is 40.1 Å². The van der Waals surface area contributed by atoms with Crippen LogP contribution in [0, 0.1) is 13.8 Å². The molecule has 1 atom stereocenters. The Labute approximate surface area is 155 Å². The number of rotatable bonds is 6. The Balaban J connectivity index is 1.58. The minimum absolute atomic E-state index is 0.0345. The molecule has 136 valence electrons. The topological polar surface area (TPSA) is 86.0 Å². The summed E-state index contributed by atoms with van der Waals surface area (Å²) in [4.78, 5) is 19.8. The minimum Gasteiger partial charge on any atom is -0.484 e. The van der Waals surface area contributed by atoms with Crippen molar-refractivity contribution in [2.75, 3.05) is 13.7 Å². The first kappa shape index (κ1) is 18.0. The highest BCUT2D eigenvalue weighted by molar-refractivity contribution is 7.11. The van der Waals surface area contributed by atoms with Crippen LogP contribution in [0.15, 0.2) is 30.6 Å². The first-order valence-electron chi connectivity index (χ1n) is 8.11. The third-order valence-electron chi connectivity index (χ3n) is 4.12. The van der Waals surface area contributed by atoms with Gasteiger partial charge in [0.2, 0.25) is 0 Å². The van der Waals surface area contributed by atoms with E-state index in [2.05, 4.69) is 20.5 Å². The predicted octanol–water partition coefficient (Wildman–Crippen LogP) is 2.33. The fourth-order valence-corrected chi connectivity index (χ4v) is 3.46. The number of aryl methyl sites for hydroxylation is 2. The summed E-state index contributed by atoms with van der Waals surface area (Å²) in [7, 11) is 1.77. The normalized spacial score (nSPS) is 12.0. The Bertz CT molecular complexity index is 875. The van der Waals surface area contributed by atoms with Crippen LogP contribution in [-0.2, 0) is 4.79 Å². The van der Waals surface area contributed by atoms with Crippen molar-refractivity contribution >= 4 is 17.2 Å². The fourth-order valence-electron chi connectivity index (χ4n) is 2.55. The smallest absolute Gasteiger partial charge is 0.260 e. The summed E-state index contributed by atoms with van der Waals surface area (Å²) in [5, 5.41) is 12.0. The molecule has 1 amide bonds. The average Bonchev–Trinajstić information content (AvgIpc) is 3.28. The summed E-state index contributed by atoms with van der Waals surface area (Å²) >= 11 is 1.64. The van der Waals surface area contributed by atoms with Crippen LogP contribution < -0.4 is 4.74 Å². The van der Waals surface area contributed by atoms with E-state index in [1.165, 1.54) is 6.33 Å². The highest BCUT2D eigenvalue weighted by Gasteiger charge is 2.22. The maximum Gasteiger partial charge on any atom is 0.260 e. The fraction of sp³-hybridized carbons (Fsp3) is 0.353. The number of hydrogen-bond donors (Lipinski definition) is 0. The van der Waals surface area contributed by atoms with Gasteiger partial charge in [0.1, 0.15) is 12.1 Å². The summed E-state index contributed by atoms with van der Waals surface area (Å²) in [6, 6.07) is 7.11. The number of amides is 1. The van der Waals surface area contributed by atoms with E-state index in [-0.39, 0.29) is 18.6 Å². The van der Waals surface area contributed by atoms with Crippen molar-refractivity contribution in [3.8, 4) is 11.4 Å². The van der Waals surface area contributed by atoms with Crippen LogP contribution in [0.3, 0.4) is 0 Å². The number of aromatic nitrogens is 5. The summed E-state index contributed by atoms with van der Waals surface area (Å²) in [5.74, 6) is 0.504. The number of tetrazole rings is 1. The molecule has 2 aromatic heterocycles. The molecule has 0 N–H and O–H groups in total. The van der Waals surface area contributed by atoms with E-state index in [0.29, 0.717) is 5.75 Å². The van der Waals surface area contributed by atoms with E-state index in [9.17, 15) is 4.79 Å². The van der Waals surface area contributed by atoms with Crippen molar-refractivity contribution in [2.24, 2.45) is 0 Å². The maximum absolute atomic E-state index is 12.4. The van der Waals surface area contributed by atoms with Crippen LogP contribution in [0.4, 0.5) is 0 Å². The third-order valence-corrected chi connectivity index (χ3v) is 5.02. The molecule has 0 aliphatic rings. The van der Waals surface area contributed by atoms with Crippen LogP contribution in [0.5, 0.6) is 5.75 Å². The second-order valence-corrected chi connectivity index (χ2v) is 7.30. The average molecular weight is 372 g/mol. The highest BCUT2D eigenvalue weighted by Crippen LogP contribution is 2.26. The zero-order valence-corrected chi connectivity index (χ0v) is 15.9. The molecular formula is C17H20N6O2S. The van der Waals surface area contributed by atoms with Gasteiger partial charge in [0, 0.05) is 11.9 Å². The van der Waals surface area contributed by atoms with Gasteiger partial charge < -0.3 is 9.64 Å². The molecule has 2 heterocycles. The van der Waals surface area contributed by atoms with Gasteiger partial charge in [-0.25, -0.2) is 9.67 Å². The molecular weight excluding hydrogens is 352 g/mol. The lowest BCUT2D eigenvalue weighted by molar-refractivity contribution is -0.134. The molecule has 0 radical (unpaired) electrons. The molecule has 3 rings (SSSR count). The largest absolute Gasteiger partial charge is 0.484 e. The number of hydrogen-bond acceptors (Lipinski definition) is 7. The molecule has 26 heavy (non-hydrogen) atoms. The van der Waals surface area contributed by atoms with Gasteiger partial charge in [-0.15, -0.1) is 16.4 Å². The van der Waals surface area contributed by atoms with Gasteiger partial charge in [-0.2, -0.15) is 0 Å². The van der Waals surface area contributed by atoms with E-state index in [0.717, 1.165) is 21.3 Å². The molecule has 8 nitrogen and oxygen atoms in total. The number of benzene rings is 1. The lowest BCUT2D eigenvalue weighted by Gasteiger charge is -2.24. The van der Waals surface area contributed by atoms with Crippen molar-refractivity contribution in [1.82, 2.24) is 30.1 Å². The van der Waals surface area contributed by atoms with Crippen LogP contribution in [0.25, 0.3) is 5.69 Å². The van der Waals surface area contributed by atoms with Crippen molar-refractivity contribution in [3.63, 3.8) is 0 Å². The van der Waals surface area contributed by atoms with Gasteiger partial charge in [0.15, 0.2) is 6.61 Å². The van der Waals surface area contributed by atoms with Crippen molar-refractivity contribution < 1.29 is 9.53 Å². The molecule has 0 aliphatic heterocycles. The minimum atomic E-state index is -0.105. The van der Waals surface area contributed by atoms with E-state index in [1.807, 2.05) is 32.9 Å². The summed E-state index contributed by atoms with van der Waals surface area (Å²) in [5.41, 5.74) is 1.75. The molecule has 3 aromatic rings. The molecule has 1 aromatic carbocycles. The third kappa shape index (κ3) is 3.88. The molecule has 0 saturated carbocycles. The molecule has 0 saturated heterocycles. The van der Waals surface area contributed by atoms with Gasteiger partial charge in [-0.3, -0.25) is 4.79 Å². The Hall–Kier alpha value is -2.81. The molecule has 9 heteroatoms. The standard InChI is InChI=1S/C17H20N6O2S/c1-11(17-12(2)26-13(3)19-17)22(4)16(24)9-25-15-7-5-14(6-8-15)23-10-18-20-21-23/h5-8,10-11H,9H2,1-4H3/t11-/m0/s1. The van der Waals surface area contributed by atoms with Crippen LogP contribution >= 0.6 is 11.3 Å². The van der Waals surface area contributed by atoms with E-state index < -0.39 is 0 Å². The highest BCUT2D eigenvalue weighted by atomic mass is 32.1. The Morgan fingerprint density at radius 1 is 1.31 bits per heavy atom. The number of likely N-dealkylation sites (N-methyl/N-ethyl adjacent to an activating group) is 1. The van der Waals surface area contributed by atoms with Crippen LogP contribution in [-0.4, -0.2) is 49.7 Å². The summed E-state index contributed by atoms with van der Waals surface area (Å²) in [6.07, 6.45) is 1.51. The second-order valence-electron chi connectivity index (χ2n) is 5.89. The zero-order valence-electron chi connectivity index (χ0n) is 15.1. The van der Waals surface area contributed by atoms with Gasteiger partial charge in [0.05, 0.1) is 22.4 Å². The van der Waals surface area contributed by atoms with Gasteiger partial charge in [-0.05, 0) is 55.5 Å². The molecule has 0 fully saturated rings. The van der Waals surface area contributed by atoms with Crippen molar-refractivity contribution in [2.45, 2.75) is 26.8 Å². The van der Waals surface area contributed by atoms with E-state index in [4.69, 9.17) is 4.74 Å². The maximum atomic E-state index is 12.4. The monoisotopic (exact) mass is 372 g/mol. The number of carbonyl (C=O) groups is 1. The lowest BCUT2D eigenvalue weighted by Crippen LogP contribution is -2.34. The number of nitrogens with zero attached hydrogens (tertiary/aromatic N) is 6. The van der Waals surface area contributed by atoms with Crippen molar-refractivity contribution in [1.29, 1.82) is 0 Å². The number of carbonyl (C=O) groups excluding carboxylic acids is 1. The number of thiazole rings is 1. The number of ether oxygens (including phenoxy) is 1. The SMILES string of the molecule is Cc1nc([C@H](C)N(C)C(=O)COc2ccc(-n3cnnn3)cc2)c(C)s1. The Morgan fingerprint density at radius 3 is 2.62 bits per heavy atom. The molecule has 0 spiro atoms. The predicted molar refractivity (Wildman–Crippen MR) is 97.4 cm³/mol. The lowest BCUT2D eigenvalue weighted by atomic mass is 10.2.